The van der Waals surface area contributed by atoms with Crippen LogP contribution in [-0.2, 0) is 7.05 Å². The molecule has 9 nitrogen and oxygen atoms in total. The average Bonchev–Trinajstić information content (AvgIpc) is 3.31. The van der Waals surface area contributed by atoms with Crippen LogP contribution in [0.5, 0.6) is 11.5 Å². The second-order valence-corrected chi connectivity index (χ2v) is 8.58. The zero-order chi connectivity index (χ0) is 25.9. The quantitative estimate of drug-likeness (QED) is 0.398. The first-order valence-electron chi connectivity index (χ1n) is 11.7. The van der Waals surface area contributed by atoms with Crippen LogP contribution >= 0.6 is 0 Å². The largest absolute Gasteiger partial charge is 0.486 e. The Morgan fingerprint density at radius 1 is 0.973 bits per heavy atom. The van der Waals surface area contributed by atoms with E-state index in [0.29, 0.717) is 41.8 Å². The van der Waals surface area contributed by atoms with Crippen LogP contribution in [0.25, 0.3) is 11.4 Å². The maximum atomic E-state index is 13.4. The molecule has 9 heteroatoms. The number of rotatable bonds is 6. The molecule has 1 atom stereocenters. The molecule has 0 radical (unpaired) electrons. The van der Waals surface area contributed by atoms with Crippen LogP contribution < -0.4 is 14.8 Å². The van der Waals surface area contributed by atoms with E-state index in [0.717, 1.165) is 11.1 Å². The number of nitriles is 1. The van der Waals surface area contributed by atoms with E-state index in [1.54, 1.807) is 48.0 Å². The summed E-state index contributed by atoms with van der Waals surface area (Å²) in [5, 5.41) is 21.1. The number of carbonyl (C=O) groups excluding carboxylic acids is 2. The fraction of sp³-hybridized carbons (Fsp3) is 0.179. The van der Waals surface area contributed by atoms with Gasteiger partial charge in [-0.05, 0) is 36.8 Å². The number of hydrogen-bond donors (Lipinski definition) is 1. The van der Waals surface area contributed by atoms with E-state index in [1.165, 1.54) is 0 Å². The second-order valence-electron chi connectivity index (χ2n) is 8.58. The monoisotopic (exact) mass is 493 g/mol. The maximum absolute atomic E-state index is 13.4. The summed E-state index contributed by atoms with van der Waals surface area (Å²) in [6.45, 7) is 2.70. The summed E-state index contributed by atoms with van der Waals surface area (Å²) >= 11 is 0. The molecular formula is C28H23N5O4. The molecule has 0 bridgehead atoms. The van der Waals surface area contributed by atoms with Crippen LogP contribution in [0.15, 0.2) is 66.7 Å². The number of benzene rings is 3. The first-order chi connectivity index (χ1) is 18.0. The Kier molecular flexibility index (Phi) is 6.39. The minimum absolute atomic E-state index is 0.244. The van der Waals surface area contributed by atoms with Crippen LogP contribution in [0.4, 0.5) is 5.69 Å². The highest BCUT2D eigenvalue weighted by Crippen LogP contribution is 2.31. The zero-order valence-electron chi connectivity index (χ0n) is 20.3. The van der Waals surface area contributed by atoms with E-state index in [1.807, 2.05) is 37.3 Å². The predicted molar refractivity (Wildman–Crippen MR) is 136 cm³/mol. The van der Waals surface area contributed by atoms with Crippen molar-refractivity contribution in [2.45, 2.75) is 12.8 Å². The van der Waals surface area contributed by atoms with Crippen molar-refractivity contribution in [2.75, 3.05) is 18.5 Å². The molecule has 0 saturated carbocycles. The van der Waals surface area contributed by atoms with Gasteiger partial charge in [-0.3, -0.25) is 9.59 Å². The summed E-state index contributed by atoms with van der Waals surface area (Å²) in [4.78, 5) is 26.4. The van der Waals surface area contributed by atoms with Crippen molar-refractivity contribution in [3.8, 4) is 29.0 Å². The number of carbonyl (C=O) groups is 2. The fourth-order valence-electron chi connectivity index (χ4n) is 4.12. The molecule has 4 aromatic rings. The molecule has 3 aromatic carbocycles. The van der Waals surface area contributed by atoms with Gasteiger partial charge < -0.3 is 19.4 Å². The summed E-state index contributed by atoms with van der Waals surface area (Å²) in [6, 6.07) is 21.4. The summed E-state index contributed by atoms with van der Waals surface area (Å²) in [6.07, 6.45) is 0. The molecule has 184 valence electrons. The normalized spacial score (nSPS) is 12.9. The van der Waals surface area contributed by atoms with Gasteiger partial charge in [0.05, 0.1) is 6.07 Å². The molecule has 5 rings (SSSR count). The van der Waals surface area contributed by atoms with Gasteiger partial charge in [-0.15, -0.1) is 10.2 Å². The Morgan fingerprint density at radius 2 is 1.70 bits per heavy atom. The number of amides is 1. The standard InChI is InChI=1S/C28H23N5O4/c1-17-8-9-19(14-22(17)30-28(35)20-10-11-23-24(15-20)37-13-12-36-23)25(34)21(16-29)27-32-31-26(33(27)2)18-6-4-3-5-7-18/h3-11,14-15,21H,12-13H2,1-2H3,(H,30,35). The maximum Gasteiger partial charge on any atom is 0.255 e. The highest BCUT2D eigenvalue weighted by molar-refractivity contribution is 6.07. The smallest absolute Gasteiger partial charge is 0.255 e. The Morgan fingerprint density at radius 3 is 2.46 bits per heavy atom. The Hall–Kier alpha value is -4.97. The summed E-state index contributed by atoms with van der Waals surface area (Å²) < 4.78 is 12.7. The Labute approximate surface area is 213 Å². The van der Waals surface area contributed by atoms with E-state index >= 15 is 0 Å². The first kappa shape index (κ1) is 23.8. The zero-order valence-corrected chi connectivity index (χ0v) is 20.3. The van der Waals surface area contributed by atoms with Gasteiger partial charge in [0.1, 0.15) is 13.2 Å². The van der Waals surface area contributed by atoms with Crippen LogP contribution in [0.1, 0.15) is 38.0 Å². The molecular weight excluding hydrogens is 470 g/mol. The van der Waals surface area contributed by atoms with Crippen molar-refractivity contribution in [1.82, 2.24) is 14.8 Å². The SMILES string of the molecule is Cc1ccc(C(=O)C(C#N)c2nnc(-c3ccccc3)n2C)cc1NC(=O)c1ccc2c(c1)OCCO2. The van der Waals surface area contributed by atoms with Crippen molar-refractivity contribution in [1.29, 1.82) is 5.26 Å². The van der Waals surface area contributed by atoms with Crippen molar-refractivity contribution in [3.63, 3.8) is 0 Å². The predicted octanol–water partition coefficient (Wildman–Crippen LogP) is 4.30. The number of aryl methyl sites for hydroxylation is 1. The lowest BCUT2D eigenvalue weighted by Crippen LogP contribution is -2.18. The topological polar surface area (TPSA) is 119 Å². The van der Waals surface area contributed by atoms with Gasteiger partial charge in [-0.25, -0.2) is 0 Å². The molecule has 0 aliphatic carbocycles. The van der Waals surface area contributed by atoms with Crippen molar-refractivity contribution in [3.05, 3.63) is 89.2 Å². The minimum atomic E-state index is -1.17. The molecule has 1 amide bonds. The van der Waals surface area contributed by atoms with Gasteiger partial charge >= 0.3 is 0 Å². The second kappa shape index (κ2) is 9.95. The Balaban J connectivity index is 1.39. The molecule has 1 aromatic heterocycles. The molecule has 1 aliphatic rings. The molecule has 2 heterocycles. The number of nitrogens with zero attached hydrogens (tertiary/aromatic N) is 4. The lowest BCUT2D eigenvalue weighted by molar-refractivity contribution is 0.0973. The third kappa shape index (κ3) is 4.65. The third-order valence-electron chi connectivity index (χ3n) is 6.16. The molecule has 0 saturated heterocycles. The Bertz CT molecular complexity index is 1540. The van der Waals surface area contributed by atoms with Gasteiger partial charge in [0.15, 0.2) is 34.8 Å². The van der Waals surface area contributed by atoms with E-state index in [-0.39, 0.29) is 17.3 Å². The van der Waals surface area contributed by atoms with E-state index in [9.17, 15) is 14.9 Å². The lowest BCUT2D eigenvalue weighted by atomic mass is 9.96. The molecule has 1 unspecified atom stereocenters. The van der Waals surface area contributed by atoms with Gasteiger partial charge in [0.25, 0.3) is 5.91 Å². The minimum Gasteiger partial charge on any atom is -0.486 e. The highest BCUT2D eigenvalue weighted by atomic mass is 16.6. The number of fused-ring (bicyclic) bond motifs is 1. The van der Waals surface area contributed by atoms with Crippen molar-refractivity contribution >= 4 is 17.4 Å². The summed E-state index contributed by atoms with van der Waals surface area (Å²) in [7, 11) is 1.73. The first-order valence-corrected chi connectivity index (χ1v) is 11.7. The average molecular weight is 494 g/mol. The van der Waals surface area contributed by atoms with Crippen LogP contribution in [0.2, 0.25) is 0 Å². The number of ketones is 1. The van der Waals surface area contributed by atoms with Crippen molar-refractivity contribution < 1.29 is 19.1 Å². The number of hydrogen-bond acceptors (Lipinski definition) is 7. The number of ether oxygens (including phenoxy) is 2. The highest BCUT2D eigenvalue weighted by Gasteiger charge is 2.28. The molecule has 1 N–H and O–H groups in total. The number of anilines is 1. The molecule has 37 heavy (non-hydrogen) atoms. The van der Waals surface area contributed by atoms with E-state index in [4.69, 9.17) is 9.47 Å². The van der Waals surface area contributed by atoms with Crippen LogP contribution in [-0.4, -0.2) is 39.7 Å². The van der Waals surface area contributed by atoms with Crippen LogP contribution in [0.3, 0.4) is 0 Å². The summed E-state index contributed by atoms with van der Waals surface area (Å²) in [5.74, 6) is -0.0641. The van der Waals surface area contributed by atoms with Gasteiger partial charge in [-0.1, -0.05) is 42.5 Å². The molecule has 1 aliphatic heterocycles. The van der Waals surface area contributed by atoms with Gasteiger partial charge in [0.2, 0.25) is 0 Å². The van der Waals surface area contributed by atoms with Gasteiger partial charge in [0, 0.05) is 29.4 Å². The van der Waals surface area contributed by atoms with Gasteiger partial charge in [-0.2, -0.15) is 5.26 Å². The van der Waals surface area contributed by atoms with Crippen molar-refractivity contribution in [2.24, 2.45) is 7.05 Å². The van der Waals surface area contributed by atoms with E-state index < -0.39 is 11.7 Å². The number of nitrogens with one attached hydrogen (secondary N) is 1. The number of Topliss-reactive ketones (excluding diaryl/α,β-unsaturated/α-hetero) is 1. The van der Waals surface area contributed by atoms with Crippen LogP contribution in [0, 0.1) is 18.3 Å². The lowest BCUT2D eigenvalue weighted by Gasteiger charge is -2.19. The summed E-state index contributed by atoms with van der Waals surface area (Å²) in [5.41, 5.74) is 2.72. The van der Waals surface area contributed by atoms with E-state index in [2.05, 4.69) is 21.6 Å². The number of aromatic nitrogens is 3. The molecule has 0 fully saturated rings. The molecule has 0 spiro atoms. The third-order valence-corrected chi connectivity index (χ3v) is 6.16. The fourth-order valence-corrected chi connectivity index (χ4v) is 4.12.